The van der Waals surface area contributed by atoms with Crippen molar-refractivity contribution in [3.8, 4) is 0 Å². The SMILES string of the molecule is CCNC(=O)C1CNCCN1Cc1ccc(C)c(Cl)c1. The summed E-state index contributed by atoms with van der Waals surface area (Å²) in [6.45, 7) is 7.84. The highest BCUT2D eigenvalue weighted by Gasteiger charge is 2.28. The third-order valence-corrected chi connectivity index (χ3v) is 4.04. The molecule has 1 aliphatic rings. The summed E-state index contributed by atoms with van der Waals surface area (Å²) in [5, 5.41) is 6.97. The Balaban J connectivity index is 2.08. The van der Waals surface area contributed by atoms with Crippen LogP contribution in [0.25, 0.3) is 0 Å². The van der Waals surface area contributed by atoms with Crippen LogP contribution in [0.3, 0.4) is 0 Å². The molecule has 1 heterocycles. The predicted octanol–water partition coefficient (Wildman–Crippen LogP) is 1.56. The maximum absolute atomic E-state index is 12.1. The molecule has 1 aromatic rings. The molecule has 2 rings (SSSR count). The number of likely N-dealkylation sites (N-methyl/N-ethyl adjacent to an activating group) is 1. The zero-order valence-corrected chi connectivity index (χ0v) is 12.8. The molecule has 1 amide bonds. The average molecular weight is 296 g/mol. The van der Waals surface area contributed by atoms with E-state index >= 15 is 0 Å². The van der Waals surface area contributed by atoms with Crippen molar-refractivity contribution in [3.63, 3.8) is 0 Å². The molecule has 4 nitrogen and oxygen atoms in total. The topological polar surface area (TPSA) is 44.4 Å². The van der Waals surface area contributed by atoms with Crippen molar-refractivity contribution in [1.82, 2.24) is 15.5 Å². The summed E-state index contributed by atoms with van der Waals surface area (Å²) in [4.78, 5) is 14.3. The van der Waals surface area contributed by atoms with Gasteiger partial charge < -0.3 is 10.6 Å². The smallest absolute Gasteiger partial charge is 0.238 e. The molecule has 0 radical (unpaired) electrons. The van der Waals surface area contributed by atoms with E-state index in [1.807, 2.05) is 26.0 Å². The molecule has 20 heavy (non-hydrogen) atoms. The zero-order chi connectivity index (χ0) is 14.5. The van der Waals surface area contributed by atoms with Gasteiger partial charge in [0.05, 0.1) is 0 Å². The minimum atomic E-state index is -0.108. The number of benzene rings is 1. The van der Waals surface area contributed by atoms with Crippen LogP contribution in [-0.4, -0.2) is 43.0 Å². The number of hydrogen-bond acceptors (Lipinski definition) is 3. The Morgan fingerprint density at radius 3 is 3.05 bits per heavy atom. The fourth-order valence-corrected chi connectivity index (χ4v) is 2.66. The fraction of sp³-hybridized carbons (Fsp3) is 0.533. The van der Waals surface area contributed by atoms with Crippen molar-refractivity contribution >= 4 is 17.5 Å². The second-order valence-electron chi connectivity index (χ2n) is 5.17. The van der Waals surface area contributed by atoms with E-state index in [1.54, 1.807) is 0 Å². The average Bonchev–Trinajstić information content (AvgIpc) is 2.44. The Labute approximate surface area is 125 Å². The van der Waals surface area contributed by atoms with Crippen LogP contribution in [0.5, 0.6) is 0 Å². The van der Waals surface area contributed by atoms with Gasteiger partial charge in [-0.05, 0) is 31.0 Å². The molecule has 1 fully saturated rings. The van der Waals surface area contributed by atoms with Gasteiger partial charge in [0.1, 0.15) is 6.04 Å². The summed E-state index contributed by atoms with van der Waals surface area (Å²) in [7, 11) is 0. The lowest BCUT2D eigenvalue weighted by Gasteiger charge is -2.35. The van der Waals surface area contributed by atoms with Crippen LogP contribution in [0.15, 0.2) is 18.2 Å². The lowest BCUT2D eigenvalue weighted by atomic mass is 10.1. The van der Waals surface area contributed by atoms with Gasteiger partial charge in [-0.25, -0.2) is 0 Å². The molecule has 2 N–H and O–H groups in total. The van der Waals surface area contributed by atoms with E-state index in [1.165, 1.54) is 0 Å². The molecule has 0 saturated carbocycles. The predicted molar refractivity (Wildman–Crippen MR) is 81.9 cm³/mol. The fourth-order valence-electron chi connectivity index (χ4n) is 2.46. The second kappa shape index (κ2) is 7.07. The summed E-state index contributed by atoms with van der Waals surface area (Å²) < 4.78 is 0. The molecule has 0 bridgehead atoms. The number of nitrogens with one attached hydrogen (secondary N) is 2. The number of amides is 1. The highest BCUT2D eigenvalue weighted by atomic mass is 35.5. The Bertz CT molecular complexity index is 478. The van der Waals surface area contributed by atoms with Gasteiger partial charge in [0.25, 0.3) is 0 Å². The first-order chi connectivity index (χ1) is 9.61. The van der Waals surface area contributed by atoms with Gasteiger partial charge in [0.2, 0.25) is 5.91 Å². The first-order valence-electron chi connectivity index (χ1n) is 7.09. The van der Waals surface area contributed by atoms with Gasteiger partial charge in [-0.3, -0.25) is 9.69 Å². The van der Waals surface area contributed by atoms with Crippen molar-refractivity contribution in [2.24, 2.45) is 0 Å². The number of aryl methyl sites for hydroxylation is 1. The number of piperazine rings is 1. The number of carbonyl (C=O) groups is 1. The highest BCUT2D eigenvalue weighted by Crippen LogP contribution is 2.19. The van der Waals surface area contributed by atoms with Crippen molar-refractivity contribution in [2.45, 2.75) is 26.4 Å². The van der Waals surface area contributed by atoms with Crippen molar-refractivity contribution in [3.05, 3.63) is 34.3 Å². The standard InChI is InChI=1S/C15H22ClN3O/c1-3-18-15(20)14-9-17-6-7-19(14)10-12-5-4-11(2)13(16)8-12/h4-5,8,14,17H,3,6-7,9-10H2,1-2H3,(H,18,20). The molecule has 0 aromatic heterocycles. The van der Waals surface area contributed by atoms with Crippen molar-refractivity contribution < 1.29 is 4.79 Å². The van der Waals surface area contributed by atoms with E-state index in [0.717, 1.165) is 35.8 Å². The lowest BCUT2D eigenvalue weighted by Crippen LogP contribution is -2.57. The second-order valence-corrected chi connectivity index (χ2v) is 5.58. The molecule has 1 aromatic carbocycles. The molecule has 1 atom stereocenters. The molecular formula is C15H22ClN3O. The molecule has 5 heteroatoms. The normalized spacial score (nSPS) is 19.9. The van der Waals surface area contributed by atoms with Gasteiger partial charge in [-0.15, -0.1) is 0 Å². The quantitative estimate of drug-likeness (QED) is 0.886. The Morgan fingerprint density at radius 2 is 2.35 bits per heavy atom. The van der Waals surface area contributed by atoms with Crippen LogP contribution < -0.4 is 10.6 Å². The van der Waals surface area contributed by atoms with Crippen LogP contribution in [0.2, 0.25) is 5.02 Å². The Morgan fingerprint density at radius 1 is 1.55 bits per heavy atom. The number of carbonyl (C=O) groups excluding carboxylic acids is 1. The summed E-state index contributed by atoms with van der Waals surface area (Å²) in [6, 6.07) is 6.00. The third kappa shape index (κ3) is 3.72. The lowest BCUT2D eigenvalue weighted by molar-refractivity contribution is -0.127. The number of hydrogen-bond donors (Lipinski definition) is 2. The number of rotatable bonds is 4. The minimum absolute atomic E-state index is 0.0953. The van der Waals surface area contributed by atoms with Crippen LogP contribution in [-0.2, 0) is 11.3 Å². The summed E-state index contributed by atoms with van der Waals surface area (Å²) >= 11 is 6.17. The zero-order valence-electron chi connectivity index (χ0n) is 12.1. The number of halogens is 1. The summed E-state index contributed by atoms with van der Waals surface area (Å²) in [5.41, 5.74) is 2.23. The van der Waals surface area contributed by atoms with E-state index in [9.17, 15) is 4.79 Å². The molecule has 0 spiro atoms. The molecule has 1 saturated heterocycles. The van der Waals surface area contributed by atoms with E-state index in [4.69, 9.17) is 11.6 Å². The maximum Gasteiger partial charge on any atom is 0.238 e. The largest absolute Gasteiger partial charge is 0.355 e. The summed E-state index contributed by atoms with van der Waals surface area (Å²) in [6.07, 6.45) is 0. The van der Waals surface area contributed by atoms with Crippen LogP contribution >= 0.6 is 11.6 Å². The number of nitrogens with zero attached hydrogens (tertiary/aromatic N) is 1. The van der Waals surface area contributed by atoms with Gasteiger partial charge in [0.15, 0.2) is 0 Å². The van der Waals surface area contributed by atoms with E-state index in [2.05, 4.69) is 21.6 Å². The van der Waals surface area contributed by atoms with Crippen molar-refractivity contribution in [2.75, 3.05) is 26.2 Å². The van der Waals surface area contributed by atoms with E-state index < -0.39 is 0 Å². The molecular weight excluding hydrogens is 274 g/mol. The first-order valence-corrected chi connectivity index (χ1v) is 7.47. The van der Waals surface area contributed by atoms with Gasteiger partial charge in [-0.1, -0.05) is 23.7 Å². The maximum atomic E-state index is 12.1. The monoisotopic (exact) mass is 295 g/mol. The molecule has 110 valence electrons. The van der Waals surface area contributed by atoms with Crippen LogP contribution in [0.4, 0.5) is 0 Å². The van der Waals surface area contributed by atoms with Gasteiger partial charge in [-0.2, -0.15) is 0 Å². The molecule has 0 aliphatic carbocycles. The molecule has 1 unspecified atom stereocenters. The third-order valence-electron chi connectivity index (χ3n) is 3.63. The highest BCUT2D eigenvalue weighted by molar-refractivity contribution is 6.31. The Hall–Kier alpha value is -1.10. The van der Waals surface area contributed by atoms with Crippen molar-refractivity contribution in [1.29, 1.82) is 0 Å². The Kier molecular flexibility index (Phi) is 5.40. The van der Waals surface area contributed by atoms with Gasteiger partial charge >= 0.3 is 0 Å². The van der Waals surface area contributed by atoms with Crippen LogP contribution in [0.1, 0.15) is 18.1 Å². The van der Waals surface area contributed by atoms with E-state index in [0.29, 0.717) is 13.1 Å². The molecule has 1 aliphatic heterocycles. The first kappa shape index (κ1) is 15.3. The summed E-state index contributed by atoms with van der Waals surface area (Å²) in [5.74, 6) is 0.0953. The van der Waals surface area contributed by atoms with Gasteiger partial charge in [0, 0.05) is 37.7 Å². The van der Waals surface area contributed by atoms with Crippen LogP contribution in [0, 0.1) is 6.92 Å². The minimum Gasteiger partial charge on any atom is -0.355 e. The van der Waals surface area contributed by atoms with E-state index in [-0.39, 0.29) is 11.9 Å².